The van der Waals surface area contributed by atoms with Gasteiger partial charge in [0.05, 0.1) is 12.2 Å². The van der Waals surface area contributed by atoms with E-state index in [2.05, 4.69) is 30.7 Å². The van der Waals surface area contributed by atoms with Crippen LogP contribution in [0.5, 0.6) is 5.88 Å². The van der Waals surface area contributed by atoms with E-state index in [0.29, 0.717) is 36.6 Å². The second-order valence-electron chi connectivity index (χ2n) is 8.89. The Kier molecular flexibility index (Phi) is 6.75. The van der Waals surface area contributed by atoms with Gasteiger partial charge in [-0.15, -0.1) is 26.6 Å². The number of esters is 1. The highest BCUT2D eigenvalue weighted by Crippen LogP contribution is 2.50. The van der Waals surface area contributed by atoms with Gasteiger partial charge in [-0.25, -0.2) is 18.3 Å². The van der Waals surface area contributed by atoms with Gasteiger partial charge >= 0.3 is 12.6 Å². The van der Waals surface area contributed by atoms with Crippen LogP contribution in [0, 0.1) is 5.92 Å². The van der Waals surface area contributed by atoms with Crippen LogP contribution in [0.4, 0.5) is 34.3 Å². The van der Waals surface area contributed by atoms with E-state index in [0.717, 1.165) is 4.88 Å². The molecule has 2 atom stereocenters. The van der Waals surface area contributed by atoms with E-state index in [1.807, 2.05) is 0 Å². The van der Waals surface area contributed by atoms with Crippen LogP contribution in [-0.2, 0) is 29.4 Å². The predicted octanol–water partition coefficient (Wildman–Crippen LogP) is 4.16. The summed E-state index contributed by atoms with van der Waals surface area (Å²) in [5.41, 5.74) is 0.826. The van der Waals surface area contributed by atoms with E-state index in [1.54, 1.807) is 18.5 Å². The summed E-state index contributed by atoms with van der Waals surface area (Å²) in [5, 5.41) is 17.6. The number of carbonyl (C=O) groups is 2. The van der Waals surface area contributed by atoms with Crippen molar-refractivity contribution < 1.29 is 38.1 Å². The Hall–Kier alpha value is -3.69. The monoisotopic (exact) mass is 559 g/mol. The maximum absolute atomic E-state index is 13.4. The molecular weight excluding hydrogens is 534 g/mol. The number of halogens is 4. The molecular formula is C22H25F4N7O4S. The third-order valence-electron chi connectivity index (χ3n) is 6.37. The molecule has 0 unspecified atom stereocenters. The number of rotatable bonds is 9. The number of amides is 1. The molecule has 2 N–H and O–H groups in total. The molecule has 38 heavy (non-hydrogen) atoms. The van der Waals surface area contributed by atoms with Gasteiger partial charge < -0.3 is 20.1 Å². The molecule has 0 aromatic carbocycles. The Labute approximate surface area is 218 Å². The van der Waals surface area contributed by atoms with Gasteiger partial charge in [0.15, 0.2) is 0 Å². The van der Waals surface area contributed by atoms with E-state index in [1.165, 1.54) is 28.4 Å². The van der Waals surface area contributed by atoms with E-state index < -0.39 is 36.7 Å². The first kappa shape index (κ1) is 25.9. The SMILES string of the molecule is CCOC(=O)c1c(NC(=O)[C@H]2CC2(F)F)sc2c1C[C@@H](n1cnnc1Nc1cc(OC(F)F)nn1C)CC2.[HH]. The molecule has 0 radical (unpaired) electrons. The minimum atomic E-state index is -3.03. The maximum Gasteiger partial charge on any atom is 0.388 e. The normalized spacial score (nSPS) is 19.7. The predicted molar refractivity (Wildman–Crippen MR) is 128 cm³/mol. The van der Waals surface area contributed by atoms with Gasteiger partial charge in [0.25, 0.3) is 5.92 Å². The average molecular weight is 560 g/mol. The molecule has 0 spiro atoms. The van der Waals surface area contributed by atoms with Crippen molar-refractivity contribution in [3.8, 4) is 5.88 Å². The summed E-state index contributed by atoms with van der Waals surface area (Å²) in [6.45, 7) is -1.27. The molecule has 16 heteroatoms. The van der Waals surface area contributed by atoms with Gasteiger partial charge in [-0.05, 0) is 31.7 Å². The van der Waals surface area contributed by atoms with E-state index >= 15 is 0 Å². The summed E-state index contributed by atoms with van der Waals surface area (Å²) in [6.07, 6.45) is 2.51. The van der Waals surface area contributed by atoms with Crippen molar-refractivity contribution in [1.29, 1.82) is 0 Å². The molecule has 2 aliphatic rings. The molecule has 3 heterocycles. The smallest absolute Gasteiger partial charge is 0.388 e. The van der Waals surface area contributed by atoms with Crippen molar-refractivity contribution in [3.63, 3.8) is 0 Å². The minimum Gasteiger partial charge on any atom is -0.462 e. The number of thiophene rings is 1. The Morgan fingerprint density at radius 3 is 2.82 bits per heavy atom. The van der Waals surface area contributed by atoms with Gasteiger partial charge in [0.1, 0.15) is 23.1 Å². The number of fused-ring (bicyclic) bond motifs is 1. The lowest BCUT2D eigenvalue weighted by molar-refractivity contribution is -0.119. The molecule has 3 aromatic heterocycles. The fourth-order valence-electron chi connectivity index (χ4n) is 4.43. The van der Waals surface area contributed by atoms with Crippen molar-refractivity contribution in [1.82, 2.24) is 24.5 Å². The number of nitrogens with zero attached hydrogens (tertiary/aromatic N) is 5. The summed E-state index contributed by atoms with van der Waals surface area (Å²) < 4.78 is 64.5. The fraction of sp³-hybridized carbons (Fsp3) is 0.500. The molecule has 0 aliphatic heterocycles. The van der Waals surface area contributed by atoms with Crippen LogP contribution in [-0.4, -0.2) is 55.6 Å². The Balaban J connectivity index is 0.00000353. The lowest BCUT2D eigenvalue weighted by Gasteiger charge is -2.25. The average Bonchev–Trinajstić information content (AvgIpc) is 3.18. The molecule has 2 aliphatic carbocycles. The number of carbonyl (C=O) groups excluding carboxylic acids is 2. The zero-order valence-corrected chi connectivity index (χ0v) is 21.0. The van der Waals surface area contributed by atoms with E-state index in [9.17, 15) is 27.2 Å². The Morgan fingerprint density at radius 1 is 1.37 bits per heavy atom. The molecule has 3 aromatic rings. The lowest BCUT2D eigenvalue weighted by Crippen LogP contribution is -2.22. The van der Waals surface area contributed by atoms with Crippen LogP contribution < -0.4 is 15.4 Å². The number of anilines is 3. The lowest BCUT2D eigenvalue weighted by atomic mass is 9.91. The van der Waals surface area contributed by atoms with Gasteiger partial charge in [0, 0.05) is 31.9 Å². The molecule has 1 amide bonds. The molecule has 1 fully saturated rings. The summed E-state index contributed by atoms with van der Waals surface area (Å²) in [6, 6.07) is 1.07. The molecule has 11 nitrogen and oxygen atoms in total. The van der Waals surface area contributed by atoms with Gasteiger partial charge in [-0.2, -0.15) is 8.78 Å². The van der Waals surface area contributed by atoms with Crippen LogP contribution in [0.3, 0.4) is 0 Å². The second-order valence-corrected chi connectivity index (χ2v) is 9.99. The molecule has 5 rings (SSSR count). The number of aryl methyl sites for hydroxylation is 2. The Morgan fingerprint density at radius 2 is 2.13 bits per heavy atom. The fourth-order valence-corrected chi connectivity index (χ4v) is 5.66. The number of aromatic nitrogens is 5. The zero-order valence-electron chi connectivity index (χ0n) is 20.2. The summed E-state index contributed by atoms with van der Waals surface area (Å²) >= 11 is 1.18. The number of hydrogen-bond donors (Lipinski definition) is 2. The zero-order chi connectivity index (χ0) is 27.2. The van der Waals surface area contributed by atoms with Crippen LogP contribution >= 0.6 is 11.3 Å². The maximum atomic E-state index is 13.4. The number of nitrogens with one attached hydrogen (secondary N) is 2. The van der Waals surface area contributed by atoms with Crippen LogP contribution in [0.15, 0.2) is 12.4 Å². The van der Waals surface area contributed by atoms with Gasteiger partial charge in [0.2, 0.25) is 17.7 Å². The third kappa shape index (κ3) is 5.04. The van der Waals surface area contributed by atoms with Crippen LogP contribution in [0.25, 0.3) is 0 Å². The Bertz CT molecular complexity index is 1380. The highest BCUT2D eigenvalue weighted by Gasteiger charge is 2.61. The summed E-state index contributed by atoms with van der Waals surface area (Å²) in [7, 11) is 1.54. The number of alkyl halides is 4. The topological polar surface area (TPSA) is 125 Å². The highest BCUT2D eigenvalue weighted by atomic mass is 32.1. The van der Waals surface area contributed by atoms with Crippen molar-refractivity contribution in [2.24, 2.45) is 13.0 Å². The van der Waals surface area contributed by atoms with Gasteiger partial charge in [-0.1, -0.05) is 0 Å². The molecule has 0 bridgehead atoms. The molecule has 206 valence electrons. The third-order valence-corrected chi connectivity index (χ3v) is 7.57. The van der Waals surface area contributed by atoms with Crippen LogP contribution in [0.1, 0.15) is 48.0 Å². The molecule has 1 saturated carbocycles. The quantitative estimate of drug-likeness (QED) is 0.296. The summed E-state index contributed by atoms with van der Waals surface area (Å²) in [4.78, 5) is 26.1. The first-order chi connectivity index (χ1) is 18.1. The second kappa shape index (κ2) is 9.89. The van der Waals surface area contributed by atoms with Gasteiger partial charge in [-0.3, -0.25) is 9.36 Å². The van der Waals surface area contributed by atoms with E-state index in [-0.39, 0.29) is 30.5 Å². The number of hydrogen-bond acceptors (Lipinski definition) is 9. The van der Waals surface area contributed by atoms with Crippen LogP contribution in [0.2, 0.25) is 0 Å². The standard InChI is InChI=1S/C22H23F4N7O4S.H2/c1-3-36-19(35)16-11-6-10(4-5-13(11)38-18(16)29-17(34)12-8-22(12,25)26)33-9-27-30-21(33)28-14-7-15(31-32(14)2)37-20(23)24;/h7,9-10,12,20H,3-6,8H2,1-2H3,(H,28,30)(H,29,34);1H/t10-,12+;/m0./s1. The molecule has 0 saturated heterocycles. The largest absolute Gasteiger partial charge is 0.462 e. The highest BCUT2D eigenvalue weighted by molar-refractivity contribution is 7.17. The van der Waals surface area contributed by atoms with Crippen molar-refractivity contribution in [2.75, 3.05) is 17.2 Å². The van der Waals surface area contributed by atoms with Crippen molar-refractivity contribution in [3.05, 3.63) is 28.4 Å². The minimum absolute atomic E-state index is 0. The number of ether oxygens (including phenoxy) is 2. The van der Waals surface area contributed by atoms with E-state index in [4.69, 9.17) is 4.74 Å². The first-order valence-corrected chi connectivity index (χ1v) is 12.5. The summed E-state index contributed by atoms with van der Waals surface area (Å²) in [5.74, 6) is -5.55. The first-order valence-electron chi connectivity index (χ1n) is 11.7. The van der Waals surface area contributed by atoms with Crippen molar-refractivity contribution >= 4 is 40.0 Å². The van der Waals surface area contributed by atoms with Crippen molar-refractivity contribution in [2.45, 2.75) is 51.2 Å².